The van der Waals surface area contributed by atoms with Gasteiger partial charge in [0.05, 0.1) is 0 Å². The Hall–Kier alpha value is 2.45. The van der Waals surface area contributed by atoms with Crippen molar-refractivity contribution in [1.29, 1.82) is 0 Å². The largest absolute Gasteiger partial charge is 0.542 e. The van der Waals surface area contributed by atoms with Gasteiger partial charge in [0.15, 0.2) is 0 Å². The van der Waals surface area contributed by atoms with Gasteiger partial charge in [-0.3, -0.25) is 0 Å². The number of alkyl halides is 1. The SMILES string of the molecule is CBr.[Br][Al]([Br])[Br]. The summed E-state index contributed by atoms with van der Waals surface area (Å²) in [5.74, 6) is 1.81. The van der Waals surface area contributed by atoms with Crippen molar-refractivity contribution < 1.29 is 0 Å². The summed E-state index contributed by atoms with van der Waals surface area (Å²) in [6, 6.07) is 0. The molecule has 0 atom stereocenters. The molecule has 0 unspecified atom stereocenters. The molecule has 0 aliphatic carbocycles. The van der Waals surface area contributed by atoms with Crippen LogP contribution in [0.2, 0.25) is 0 Å². The fourth-order valence-corrected chi connectivity index (χ4v) is 0. The van der Waals surface area contributed by atoms with Gasteiger partial charge in [-0.05, 0) is 5.83 Å². The molecule has 6 heavy (non-hydrogen) atoms. The zero-order valence-electron chi connectivity index (χ0n) is 3.09. The zero-order valence-corrected chi connectivity index (χ0v) is 10.6. The van der Waals surface area contributed by atoms with Gasteiger partial charge in [-0.25, -0.2) is 0 Å². The first kappa shape index (κ1) is 11.3. The van der Waals surface area contributed by atoms with Gasteiger partial charge >= 0.3 is 8.67 Å². The van der Waals surface area contributed by atoms with Crippen LogP contribution in [-0.2, 0) is 0 Å². The van der Waals surface area contributed by atoms with E-state index in [2.05, 4.69) is 58.1 Å². The molecule has 0 bridgehead atoms. The van der Waals surface area contributed by atoms with Gasteiger partial charge in [0.1, 0.15) is 0 Å². The number of rotatable bonds is 0. The molecular formula is CH3AlBr4. The van der Waals surface area contributed by atoms with Crippen molar-refractivity contribution in [3.05, 3.63) is 0 Å². The number of hydrogen-bond acceptors (Lipinski definition) is 0. The van der Waals surface area contributed by atoms with E-state index in [-0.39, 0.29) is 0 Å². The molecule has 0 saturated heterocycles. The second kappa shape index (κ2) is 10.4. The molecule has 0 rings (SSSR count). The first-order chi connectivity index (χ1) is 2.73. The summed E-state index contributed by atoms with van der Waals surface area (Å²) >= 11 is 12.7. The number of halogens is 4. The van der Waals surface area contributed by atoms with Crippen LogP contribution in [0.3, 0.4) is 0 Å². The maximum absolute atomic E-state index is 3.24. The van der Waals surface area contributed by atoms with Gasteiger partial charge in [0.25, 0.3) is 0 Å². The van der Waals surface area contributed by atoms with Gasteiger partial charge in [-0.15, -0.1) is 0 Å². The van der Waals surface area contributed by atoms with Gasteiger partial charge in [0, 0.05) is 0 Å². The maximum atomic E-state index is 3.24. The zero-order chi connectivity index (χ0) is 5.58. The predicted octanol–water partition coefficient (Wildman–Crippen LogP) is 3.17. The molecule has 0 aliphatic heterocycles. The third-order valence-corrected chi connectivity index (χ3v) is 0. The van der Waals surface area contributed by atoms with Gasteiger partial charge in [-0.1, -0.05) is 15.9 Å². The van der Waals surface area contributed by atoms with Crippen LogP contribution >= 0.6 is 58.1 Å². The highest BCUT2D eigenvalue weighted by Gasteiger charge is 1.95. The Morgan fingerprint density at radius 2 is 1.00 bits per heavy atom. The first-order valence-corrected chi connectivity index (χ1v) is 12.2. The van der Waals surface area contributed by atoms with Crippen LogP contribution in [0, 0.1) is 0 Å². The Morgan fingerprint density at radius 1 is 1.00 bits per heavy atom. The minimum atomic E-state index is -0.701. The highest BCUT2D eigenvalue weighted by molar-refractivity contribution is 9.69. The van der Waals surface area contributed by atoms with Crippen LogP contribution in [-0.4, -0.2) is 14.5 Å². The predicted molar refractivity (Wildman–Crippen MR) is 47.4 cm³/mol. The summed E-state index contributed by atoms with van der Waals surface area (Å²) in [5, 5.41) is 0. The molecule has 0 aromatic heterocycles. The highest BCUT2D eigenvalue weighted by atomic mass is 80.0. The molecule has 0 aliphatic rings. The van der Waals surface area contributed by atoms with E-state index in [0.717, 1.165) is 0 Å². The van der Waals surface area contributed by atoms with Crippen LogP contribution in [0.5, 0.6) is 0 Å². The van der Waals surface area contributed by atoms with Crippen molar-refractivity contribution in [2.45, 2.75) is 0 Å². The van der Waals surface area contributed by atoms with Crippen molar-refractivity contribution in [3.8, 4) is 0 Å². The third kappa shape index (κ3) is 31.9. The molecule has 5 heteroatoms. The molecule has 0 aromatic carbocycles. The van der Waals surface area contributed by atoms with E-state index in [1.807, 2.05) is 5.83 Å². The van der Waals surface area contributed by atoms with E-state index in [4.69, 9.17) is 0 Å². The van der Waals surface area contributed by atoms with Crippen molar-refractivity contribution in [3.63, 3.8) is 0 Å². The van der Waals surface area contributed by atoms with Gasteiger partial charge in [-0.2, -0.15) is 42.2 Å². The Kier molecular flexibility index (Phi) is 19.6. The maximum Gasteiger partial charge on any atom is 0.542 e. The van der Waals surface area contributed by atoms with E-state index in [9.17, 15) is 0 Å². The molecular weight excluding hydrogens is 359 g/mol. The Bertz CT molecular complexity index is 12.3. The summed E-state index contributed by atoms with van der Waals surface area (Å²) in [7, 11) is -0.701. The standard InChI is InChI=1S/CH3Br.Al.3BrH/c1-2;;;;/h1H3;;3*1H/q;+3;;;/p-3. The van der Waals surface area contributed by atoms with E-state index in [0.29, 0.717) is 0 Å². The lowest BCUT2D eigenvalue weighted by molar-refractivity contribution is 2.60. The van der Waals surface area contributed by atoms with Crippen LogP contribution in [0.25, 0.3) is 0 Å². The van der Waals surface area contributed by atoms with E-state index < -0.39 is 8.67 Å². The van der Waals surface area contributed by atoms with E-state index >= 15 is 0 Å². The van der Waals surface area contributed by atoms with Crippen molar-refractivity contribution >= 4 is 66.8 Å². The summed E-state index contributed by atoms with van der Waals surface area (Å²) < 4.78 is 0. The first-order valence-electron chi connectivity index (χ1n) is 1.03. The number of hydrogen-bond donors (Lipinski definition) is 0. The monoisotopic (exact) mass is 358 g/mol. The molecule has 0 heterocycles. The van der Waals surface area contributed by atoms with Gasteiger partial charge < -0.3 is 0 Å². The highest BCUT2D eigenvalue weighted by Crippen LogP contribution is 2.07. The molecule has 0 fully saturated rings. The van der Waals surface area contributed by atoms with Crippen LogP contribution in [0.1, 0.15) is 0 Å². The molecule has 0 nitrogen and oxygen atoms in total. The minimum absolute atomic E-state index is 0.701. The van der Waals surface area contributed by atoms with Crippen molar-refractivity contribution in [1.82, 2.24) is 0 Å². The van der Waals surface area contributed by atoms with Crippen LogP contribution in [0.15, 0.2) is 0 Å². The Labute approximate surface area is 71.5 Å². The average molecular weight is 362 g/mol. The molecule has 38 valence electrons. The molecule has 0 N–H and O–H groups in total. The average Bonchev–Trinajstić information content (AvgIpc) is 1.41. The summed E-state index contributed by atoms with van der Waals surface area (Å²) in [4.78, 5) is 0. The molecule has 0 amide bonds. The molecule has 0 saturated carbocycles. The van der Waals surface area contributed by atoms with Crippen LogP contribution in [0.4, 0.5) is 0 Å². The summed E-state index contributed by atoms with van der Waals surface area (Å²) in [6.07, 6.45) is 0. The Balaban J connectivity index is 0. The van der Waals surface area contributed by atoms with E-state index in [1.165, 1.54) is 0 Å². The lowest BCUT2D eigenvalue weighted by Gasteiger charge is -1.59. The Morgan fingerprint density at radius 3 is 1.00 bits per heavy atom. The van der Waals surface area contributed by atoms with Crippen LogP contribution < -0.4 is 0 Å². The lowest BCUT2D eigenvalue weighted by atomic mass is 12.0. The smallest absolute Gasteiger partial charge is 0.181 e. The van der Waals surface area contributed by atoms with E-state index in [1.54, 1.807) is 0 Å². The fourth-order valence-electron chi connectivity index (χ4n) is 0. The topological polar surface area (TPSA) is 0 Å². The molecule has 0 radical (unpaired) electrons. The minimum Gasteiger partial charge on any atom is -0.181 e. The normalized spacial score (nSPS) is 5.50. The molecule has 0 aromatic rings. The lowest BCUT2D eigenvalue weighted by Crippen LogP contribution is -1.60. The third-order valence-electron chi connectivity index (χ3n) is 0. The summed E-state index contributed by atoms with van der Waals surface area (Å²) in [5.41, 5.74) is 0. The fraction of sp³-hybridized carbons (Fsp3) is 1.00. The van der Waals surface area contributed by atoms with Crippen molar-refractivity contribution in [2.24, 2.45) is 0 Å². The second-order valence-electron chi connectivity index (χ2n) is 0.247. The summed E-state index contributed by atoms with van der Waals surface area (Å²) in [6.45, 7) is 0. The quantitative estimate of drug-likeness (QED) is 0.459. The second-order valence-corrected chi connectivity index (χ2v) is 20.0. The van der Waals surface area contributed by atoms with Gasteiger partial charge in [0.2, 0.25) is 0 Å². The molecule has 0 spiro atoms. The van der Waals surface area contributed by atoms with Crippen molar-refractivity contribution in [2.75, 3.05) is 5.83 Å².